The fraction of sp³-hybridized carbons (Fsp3) is 0.294. The first-order chi connectivity index (χ1) is 19.8. The van der Waals surface area contributed by atoms with E-state index in [0.29, 0.717) is 5.69 Å². The van der Waals surface area contributed by atoms with Gasteiger partial charge in [0.25, 0.3) is 0 Å². The standard InChI is InChI=1S/C34H39N3O4S/c1-25-18-20-27(21-19-25)23-36(31(33(39)35-34(2,3)4)22-26-12-7-6-8-13-26)32(38)24-37(42(5,40)41)30-17-11-15-28-14-9-10-16-29(28)30/h6-21,31H,22-24H2,1-5H3,(H,35,39). The molecule has 4 rings (SSSR count). The van der Waals surface area contributed by atoms with Crippen LogP contribution in [0.4, 0.5) is 5.69 Å². The highest BCUT2D eigenvalue weighted by Gasteiger charge is 2.34. The molecule has 4 aromatic carbocycles. The van der Waals surface area contributed by atoms with Crippen molar-refractivity contribution in [2.24, 2.45) is 0 Å². The molecule has 0 saturated carbocycles. The van der Waals surface area contributed by atoms with E-state index in [9.17, 15) is 18.0 Å². The Labute approximate surface area is 249 Å². The molecule has 4 aromatic rings. The number of hydrogen-bond donors (Lipinski definition) is 1. The number of aryl methyl sites for hydroxylation is 1. The summed E-state index contributed by atoms with van der Waals surface area (Å²) in [6.45, 7) is 7.34. The number of carbonyl (C=O) groups excluding carboxylic acids is 2. The van der Waals surface area contributed by atoms with Crippen LogP contribution in [0.5, 0.6) is 0 Å². The van der Waals surface area contributed by atoms with Gasteiger partial charge in [-0.3, -0.25) is 13.9 Å². The van der Waals surface area contributed by atoms with Gasteiger partial charge >= 0.3 is 0 Å². The summed E-state index contributed by atoms with van der Waals surface area (Å²) in [5.74, 6) is -0.776. The van der Waals surface area contributed by atoms with Crippen molar-refractivity contribution >= 4 is 38.3 Å². The Kier molecular flexibility index (Phi) is 9.36. The average molecular weight is 586 g/mol. The minimum absolute atomic E-state index is 0.140. The molecular weight excluding hydrogens is 546 g/mol. The number of rotatable bonds is 10. The monoisotopic (exact) mass is 585 g/mol. The second-order valence-corrected chi connectivity index (χ2v) is 13.6. The van der Waals surface area contributed by atoms with Crippen LogP contribution >= 0.6 is 0 Å². The second kappa shape index (κ2) is 12.8. The van der Waals surface area contributed by atoms with Crippen LogP contribution < -0.4 is 9.62 Å². The van der Waals surface area contributed by atoms with Crippen LogP contribution in [-0.2, 0) is 32.6 Å². The zero-order chi connectivity index (χ0) is 30.5. The van der Waals surface area contributed by atoms with Gasteiger partial charge in [-0.15, -0.1) is 0 Å². The molecule has 2 amide bonds. The summed E-state index contributed by atoms with van der Waals surface area (Å²) in [6.07, 6.45) is 1.37. The lowest BCUT2D eigenvalue weighted by Gasteiger charge is -2.35. The molecule has 0 saturated heterocycles. The van der Waals surface area contributed by atoms with E-state index in [4.69, 9.17) is 0 Å². The van der Waals surface area contributed by atoms with Gasteiger partial charge in [-0.2, -0.15) is 0 Å². The van der Waals surface area contributed by atoms with E-state index in [-0.39, 0.29) is 18.9 Å². The van der Waals surface area contributed by atoms with Crippen LogP contribution in [-0.4, -0.2) is 49.5 Å². The third-order valence-electron chi connectivity index (χ3n) is 6.96. The van der Waals surface area contributed by atoms with Gasteiger partial charge in [0.05, 0.1) is 11.9 Å². The Morgan fingerprint density at radius 2 is 1.43 bits per heavy atom. The SMILES string of the molecule is Cc1ccc(CN(C(=O)CN(c2cccc3ccccc23)S(C)(=O)=O)C(Cc2ccccc2)C(=O)NC(C)(C)C)cc1. The minimum atomic E-state index is -3.86. The molecule has 42 heavy (non-hydrogen) atoms. The summed E-state index contributed by atoms with van der Waals surface area (Å²) in [7, 11) is -3.86. The number of anilines is 1. The average Bonchev–Trinajstić information content (AvgIpc) is 2.93. The van der Waals surface area contributed by atoms with Gasteiger partial charge in [0.1, 0.15) is 12.6 Å². The maximum absolute atomic E-state index is 14.3. The lowest BCUT2D eigenvalue weighted by atomic mass is 10.0. The molecule has 0 heterocycles. The summed E-state index contributed by atoms with van der Waals surface area (Å²) in [5.41, 5.74) is 2.68. The lowest BCUT2D eigenvalue weighted by molar-refractivity contribution is -0.140. The first-order valence-corrected chi connectivity index (χ1v) is 15.8. The normalized spacial score (nSPS) is 12.5. The molecule has 7 nitrogen and oxygen atoms in total. The van der Waals surface area contributed by atoms with Gasteiger partial charge in [0.15, 0.2) is 0 Å². The van der Waals surface area contributed by atoms with E-state index in [1.807, 2.05) is 113 Å². The Morgan fingerprint density at radius 1 is 0.810 bits per heavy atom. The maximum atomic E-state index is 14.3. The van der Waals surface area contributed by atoms with E-state index in [0.717, 1.165) is 38.0 Å². The summed E-state index contributed by atoms with van der Waals surface area (Å²) in [4.78, 5) is 29.7. The Bertz CT molecular complexity index is 1640. The molecule has 0 aliphatic rings. The predicted octanol–water partition coefficient (Wildman–Crippen LogP) is 5.47. The van der Waals surface area contributed by atoms with Crippen molar-refractivity contribution in [2.45, 2.75) is 52.2 Å². The fourth-order valence-corrected chi connectivity index (χ4v) is 5.78. The van der Waals surface area contributed by atoms with Crippen molar-refractivity contribution in [2.75, 3.05) is 17.1 Å². The van der Waals surface area contributed by atoms with Gasteiger partial charge in [-0.05, 0) is 50.3 Å². The third-order valence-corrected chi connectivity index (χ3v) is 8.08. The maximum Gasteiger partial charge on any atom is 0.244 e. The molecule has 0 radical (unpaired) electrons. The van der Waals surface area contributed by atoms with Crippen molar-refractivity contribution in [3.05, 3.63) is 114 Å². The van der Waals surface area contributed by atoms with Gasteiger partial charge in [0.2, 0.25) is 21.8 Å². The predicted molar refractivity (Wildman–Crippen MR) is 170 cm³/mol. The summed E-state index contributed by atoms with van der Waals surface area (Å²) >= 11 is 0. The van der Waals surface area contributed by atoms with Crippen LogP contribution in [0, 0.1) is 6.92 Å². The topological polar surface area (TPSA) is 86.8 Å². The Morgan fingerprint density at radius 3 is 2.07 bits per heavy atom. The van der Waals surface area contributed by atoms with Gasteiger partial charge < -0.3 is 10.2 Å². The smallest absolute Gasteiger partial charge is 0.244 e. The highest BCUT2D eigenvalue weighted by Crippen LogP contribution is 2.29. The van der Waals surface area contributed by atoms with Gasteiger partial charge in [-0.25, -0.2) is 8.42 Å². The molecule has 0 aromatic heterocycles. The Balaban J connectivity index is 1.79. The molecule has 8 heteroatoms. The first-order valence-electron chi connectivity index (χ1n) is 14.0. The quantitative estimate of drug-likeness (QED) is 0.268. The molecule has 0 aliphatic heterocycles. The van der Waals surface area contributed by atoms with Gasteiger partial charge in [0, 0.05) is 23.9 Å². The molecule has 1 unspecified atom stereocenters. The zero-order valence-electron chi connectivity index (χ0n) is 24.9. The molecule has 0 fully saturated rings. The number of amides is 2. The lowest BCUT2D eigenvalue weighted by Crippen LogP contribution is -2.56. The summed E-state index contributed by atoms with van der Waals surface area (Å²) < 4.78 is 27.5. The van der Waals surface area contributed by atoms with Crippen LogP contribution in [0.15, 0.2) is 97.1 Å². The van der Waals surface area contributed by atoms with Crippen molar-refractivity contribution in [3.63, 3.8) is 0 Å². The van der Waals surface area contributed by atoms with E-state index in [1.165, 1.54) is 4.90 Å². The second-order valence-electron chi connectivity index (χ2n) is 11.7. The number of hydrogen-bond acceptors (Lipinski definition) is 4. The minimum Gasteiger partial charge on any atom is -0.350 e. The number of nitrogens with zero attached hydrogens (tertiary/aromatic N) is 2. The van der Waals surface area contributed by atoms with Crippen LogP contribution in [0.25, 0.3) is 10.8 Å². The summed E-state index contributed by atoms with van der Waals surface area (Å²) in [6, 6.07) is 29.3. The van der Waals surface area contributed by atoms with Crippen molar-refractivity contribution < 1.29 is 18.0 Å². The number of sulfonamides is 1. The molecule has 0 bridgehead atoms. The van der Waals surface area contributed by atoms with E-state index >= 15 is 0 Å². The molecule has 0 aliphatic carbocycles. The first kappa shape index (κ1) is 30.8. The number of benzene rings is 4. The Hall–Kier alpha value is -4.17. The zero-order valence-corrected chi connectivity index (χ0v) is 25.7. The van der Waals surface area contributed by atoms with Crippen LogP contribution in [0.2, 0.25) is 0 Å². The number of carbonyl (C=O) groups is 2. The van der Waals surface area contributed by atoms with Crippen molar-refractivity contribution in [1.82, 2.24) is 10.2 Å². The number of nitrogens with one attached hydrogen (secondary N) is 1. The number of fused-ring (bicyclic) bond motifs is 1. The molecule has 220 valence electrons. The highest BCUT2D eigenvalue weighted by atomic mass is 32.2. The molecular formula is C34H39N3O4S. The van der Waals surface area contributed by atoms with Crippen molar-refractivity contribution in [1.29, 1.82) is 0 Å². The highest BCUT2D eigenvalue weighted by molar-refractivity contribution is 7.92. The third kappa shape index (κ3) is 7.97. The molecule has 1 atom stereocenters. The van der Waals surface area contributed by atoms with Gasteiger partial charge in [-0.1, -0.05) is 96.6 Å². The largest absolute Gasteiger partial charge is 0.350 e. The molecule has 0 spiro atoms. The van der Waals surface area contributed by atoms with Crippen LogP contribution in [0.1, 0.15) is 37.5 Å². The van der Waals surface area contributed by atoms with E-state index < -0.39 is 34.1 Å². The summed E-state index contributed by atoms with van der Waals surface area (Å²) in [5, 5.41) is 4.62. The molecule has 1 N–H and O–H groups in total. The van der Waals surface area contributed by atoms with Crippen LogP contribution in [0.3, 0.4) is 0 Å². The van der Waals surface area contributed by atoms with E-state index in [2.05, 4.69) is 5.32 Å². The fourth-order valence-electron chi connectivity index (χ4n) is 4.92. The van der Waals surface area contributed by atoms with Crippen molar-refractivity contribution in [3.8, 4) is 0 Å². The van der Waals surface area contributed by atoms with E-state index in [1.54, 1.807) is 12.1 Å².